The lowest BCUT2D eigenvalue weighted by atomic mass is 9.72. The van der Waals surface area contributed by atoms with E-state index in [-0.39, 0.29) is 5.38 Å². The molecule has 0 spiro atoms. The van der Waals surface area contributed by atoms with Crippen molar-refractivity contribution in [1.82, 2.24) is 4.98 Å². The first-order valence-electron chi connectivity index (χ1n) is 7.16. The molecule has 19 heavy (non-hydrogen) atoms. The second-order valence-corrected chi connectivity index (χ2v) is 7.60. The Labute approximate surface area is 124 Å². The van der Waals surface area contributed by atoms with Crippen LogP contribution in [0.2, 0.25) is 0 Å². The quantitative estimate of drug-likeness (QED) is 0.689. The Hall–Kier alpha value is -0.600. The fourth-order valence-electron chi connectivity index (χ4n) is 3.08. The summed E-state index contributed by atoms with van der Waals surface area (Å²) < 4.78 is 1.27. The molecule has 1 aromatic heterocycles. The minimum absolute atomic E-state index is 0.216. The van der Waals surface area contributed by atoms with Gasteiger partial charge in [-0.2, -0.15) is 0 Å². The number of aromatic nitrogens is 1. The summed E-state index contributed by atoms with van der Waals surface area (Å²) in [6.07, 6.45) is 7.50. The molecule has 2 aromatic rings. The molecule has 1 fully saturated rings. The molecule has 1 aliphatic carbocycles. The number of hydrogen-bond donors (Lipinski definition) is 0. The number of thiazole rings is 1. The minimum atomic E-state index is 0.216. The van der Waals surface area contributed by atoms with E-state index < -0.39 is 0 Å². The van der Waals surface area contributed by atoms with Crippen molar-refractivity contribution < 1.29 is 0 Å². The van der Waals surface area contributed by atoms with Gasteiger partial charge in [-0.25, -0.2) is 4.98 Å². The van der Waals surface area contributed by atoms with Crippen LogP contribution < -0.4 is 0 Å². The van der Waals surface area contributed by atoms with Crippen LogP contribution in [-0.4, -0.2) is 10.4 Å². The average Bonchev–Trinajstić information content (AvgIpc) is 2.81. The van der Waals surface area contributed by atoms with Crippen molar-refractivity contribution in [3.05, 3.63) is 29.3 Å². The van der Waals surface area contributed by atoms with Crippen molar-refractivity contribution in [2.24, 2.45) is 5.41 Å². The molecule has 3 rings (SSSR count). The zero-order valence-electron chi connectivity index (χ0n) is 11.4. The van der Waals surface area contributed by atoms with E-state index >= 15 is 0 Å². The summed E-state index contributed by atoms with van der Waals surface area (Å²) >= 11 is 8.52. The highest BCUT2D eigenvalue weighted by atomic mass is 35.5. The predicted molar refractivity (Wildman–Crippen MR) is 84.2 cm³/mol. The molecule has 3 heteroatoms. The molecule has 0 radical (unpaired) electrons. The second-order valence-electron chi connectivity index (χ2n) is 5.96. The van der Waals surface area contributed by atoms with Gasteiger partial charge in [-0.1, -0.05) is 38.3 Å². The maximum atomic E-state index is 6.73. The fourth-order valence-corrected chi connectivity index (χ4v) is 4.55. The number of fused-ring (bicyclic) bond motifs is 1. The highest BCUT2D eigenvalue weighted by molar-refractivity contribution is 7.18. The molecule has 1 aliphatic rings. The van der Waals surface area contributed by atoms with Crippen molar-refractivity contribution in [1.29, 1.82) is 0 Å². The Bertz CT molecular complexity index is 524. The Balaban J connectivity index is 1.76. The summed E-state index contributed by atoms with van der Waals surface area (Å²) in [6, 6.07) is 8.35. The number of benzene rings is 1. The number of rotatable bonds is 3. The van der Waals surface area contributed by atoms with E-state index in [9.17, 15) is 0 Å². The van der Waals surface area contributed by atoms with Crippen LogP contribution >= 0.6 is 22.9 Å². The number of hydrogen-bond acceptors (Lipinski definition) is 2. The topological polar surface area (TPSA) is 12.9 Å². The SMILES string of the molecule is CC1(C(Cl)Cc2nc3ccccc3s2)CCCCC1. The van der Waals surface area contributed by atoms with Crippen LogP contribution in [0.25, 0.3) is 10.2 Å². The van der Waals surface area contributed by atoms with Crippen molar-refractivity contribution in [2.75, 3.05) is 0 Å². The third-order valence-corrected chi connectivity index (χ3v) is 6.18. The standard InChI is InChI=1S/C16H20ClNS/c1-16(9-5-2-6-10-16)14(17)11-15-18-12-7-3-4-8-13(12)19-15/h3-4,7-8,14H,2,5-6,9-11H2,1H3. The summed E-state index contributed by atoms with van der Waals surface area (Å²) in [4.78, 5) is 4.71. The van der Waals surface area contributed by atoms with Gasteiger partial charge in [-0.05, 0) is 30.4 Å². The third kappa shape index (κ3) is 2.80. The summed E-state index contributed by atoms with van der Waals surface area (Å²) in [5, 5.41) is 1.40. The fraction of sp³-hybridized carbons (Fsp3) is 0.562. The van der Waals surface area contributed by atoms with Crippen LogP contribution in [0.4, 0.5) is 0 Å². The lowest BCUT2D eigenvalue weighted by Crippen LogP contribution is -2.32. The molecule has 1 heterocycles. The van der Waals surface area contributed by atoms with Gasteiger partial charge in [0.15, 0.2) is 0 Å². The monoisotopic (exact) mass is 293 g/mol. The Morgan fingerprint density at radius 2 is 2.00 bits per heavy atom. The highest BCUT2D eigenvalue weighted by Crippen LogP contribution is 2.42. The molecule has 1 aromatic carbocycles. The van der Waals surface area contributed by atoms with Crippen LogP contribution in [-0.2, 0) is 6.42 Å². The van der Waals surface area contributed by atoms with Gasteiger partial charge in [-0.15, -0.1) is 22.9 Å². The first-order valence-corrected chi connectivity index (χ1v) is 8.41. The van der Waals surface area contributed by atoms with Crippen LogP contribution in [0.1, 0.15) is 44.0 Å². The maximum Gasteiger partial charge on any atom is 0.0953 e. The zero-order valence-corrected chi connectivity index (χ0v) is 12.9. The molecule has 0 amide bonds. The predicted octanol–water partition coefficient (Wildman–Crippen LogP) is 5.42. The van der Waals surface area contributed by atoms with Gasteiger partial charge < -0.3 is 0 Å². The number of nitrogens with zero attached hydrogens (tertiary/aromatic N) is 1. The summed E-state index contributed by atoms with van der Waals surface area (Å²) in [6.45, 7) is 2.36. The van der Waals surface area contributed by atoms with Crippen LogP contribution in [0.3, 0.4) is 0 Å². The first-order chi connectivity index (χ1) is 9.17. The van der Waals surface area contributed by atoms with E-state index in [1.807, 2.05) is 6.07 Å². The lowest BCUT2D eigenvalue weighted by molar-refractivity contribution is 0.205. The third-order valence-electron chi connectivity index (χ3n) is 4.44. The lowest BCUT2D eigenvalue weighted by Gasteiger charge is -2.37. The normalized spacial score (nSPS) is 20.5. The molecule has 1 nitrogen and oxygen atoms in total. The van der Waals surface area contributed by atoms with E-state index in [1.165, 1.54) is 41.8 Å². The van der Waals surface area contributed by atoms with E-state index in [4.69, 9.17) is 16.6 Å². The Morgan fingerprint density at radius 1 is 1.26 bits per heavy atom. The van der Waals surface area contributed by atoms with Crippen molar-refractivity contribution in [3.8, 4) is 0 Å². The van der Waals surface area contributed by atoms with Gasteiger partial charge in [0, 0.05) is 11.8 Å². The van der Waals surface area contributed by atoms with E-state index in [0.29, 0.717) is 5.41 Å². The molecule has 1 atom stereocenters. The van der Waals surface area contributed by atoms with Gasteiger partial charge in [0.05, 0.1) is 15.2 Å². The van der Waals surface area contributed by atoms with Gasteiger partial charge >= 0.3 is 0 Å². The summed E-state index contributed by atoms with van der Waals surface area (Å²) in [7, 11) is 0. The number of halogens is 1. The maximum absolute atomic E-state index is 6.73. The molecule has 102 valence electrons. The van der Waals surface area contributed by atoms with Gasteiger partial charge in [-0.3, -0.25) is 0 Å². The first kappa shape index (κ1) is 13.4. The van der Waals surface area contributed by atoms with Crippen LogP contribution in [0.5, 0.6) is 0 Å². The van der Waals surface area contributed by atoms with Gasteiger partial charge in [0.2, 0.25) is 0 Å². The van der Waals surface area contributed by atoms with Gasteiger partial charge in [0.1, 0.15) is 0 Å². The van der Waals surface area contributed by atoms with E-state index in [0.717, 1.165) is 11.9 Å². The molecule has 1 saturated carbocycles. The van der Waals surface area contributed by atoms with Crippen molar-refractivity contribution in [2.45, 2.75) is 50.8 Å². The van der Waals surface area contributed by atoms with Crippen molar-refractivity contribution >= 4 is 33.2 Å². The van der Waals surface area contributed by atoms with E-state index in [1.54, 1.807) is 11.3 Å². The highest BCUT2D eigenvalue weighted by Gasteiger charge is 2.34. The summed E-state index contributed by atoms with van der Waals surface area (Å²) in [5.41, 5.74) is 1.41. The number of alkyl halides is 1. The Kier molecular flexibility index (Phi) is 3.81. The Morgan fingerprint density at radius 3 is 2.74 bits per heavy atom. The number of para-hydroxylation sites is 1. The van der Waals surface area contributed by atoms with E-state index in [2.05, 4.69) is 25.1 Å². The van der Waals surface area contributed by atoms with Crippen LogP contribution in [0.15, 0.2) is 24.3 Å². The largest absolute Gasteiger partial charge is 0.241 e. The molecule has 0 N–H and O–H groups in total. The molecule has 0 bridgehead atoms. The molecule has 0 saturated heterocycles. The molecule has 1 unspecified atom stereocenters. The summed E-state index contributed by atoms with van der Waals surface area (Å²) in [5.74, 6) is 0. The van der Waals surface area contributed by atoms with Gasteiger partial charge in [0.25, 0.3) is 0 Å². The van der Waals surface area contributed by atoms with Crippen LogP contribution in [0, 0.1) is 5.41 Å². The molecule has 0 aliphatic heterocycles. The van der Waals surface area contributed by atoms with Crippen molar-refractivity contribution in [3.63, 3.8) is 0 Å². The average molecular weight is 294 g/mol. The second kappa shape index (κ2) is 5.41. The minimum Gasteiger partial charge on any atom is -0.241 e. The zero-order chi connectivity index (χ0) is 13.3. The molecular formula is C16H20ClNS. The smallest absolute Gasteiger partial charge is 0.0953 e. The molecular weight excluding hydrogens is 274 g/mol.